The lowest BCUT2D eigenvalue weighted by molar-refractivity contribution is -0.137. The lowest BCUT2D eigenvalue weighted by Gasteiger charge is -2.24. The minimum absolute atomic E-state index is 0.0923. The zero-order valence-corrected chi connectivity index (χ0v) is 10.6. The zero-order chi connectivity index (χ0) is 15.7. The Morgan fingerprint density at radius 1 is 1.43 bits per heavy atom. The van der Waals surface area contributed by atoms with Crippen molar-refractivity contribution in [2.24, 2.45) is 0 Å². The number of hydrogen-bond donors (Lipinski definition) is 0. The molecule has 1 aromatic rings. The number of halogens is 5. The third-order valence-electron chi connectivity index (χ3n) is 3.18. The van der Waals surface area contributed by atoms with Gasteiger partial charge in [-0.2, -0.15) is 13.2 Å². The molecule has 0 aromatic carbocycles. The van der Waals surface area contributed by atoms with Gasteiger partial charge in [0.05, 0.1) is 5.56 Å². The maximum atomic E-state index is 13.5. The molecule has 1 fully saturated rings. The Morgan fingerprint density at radius 3 is 2.67 bits per heavy atom. The highest BCUT2D eigenvalue weighted by molar-refractivity contribution is 5.49. The predicted molar refractivity (Wildman–Crippen MR) is 60.9 cm³/mol. The Bertz CT molecular complexity index is 503. The number of amides is 1. The number of aromatic nitrogens is 1. The standard InChI is InChI=1S/C12H11F5N2O2/c13-11(14)3-4-19(7-20)9(11)6-21-10-2-1-8(5-18-10)12(15,16)17/h1-2,5,7,9H,3-4,6H2. The third-order valence-corrected chi connectivity index (χ3v) is 3.18. The molecule has 1 aromatic heterocycles. The van der Waals surface area contributed by atoms with Gasteiger partial charge in [-0.05, 0) is 6.07 Å². The fourth-order valence-corrected chi connectivity index (χ4v) is 1.98. The van der Waals surface area contributed by atoms with Crippen LogP contribution in [0.2, 0.25) is 0 Å². The van der Waals surface area contributed by atoms with E-state index >= 15 is 0 Å². The molecular weight excluding hydrogens is 299 g/mol. The summed E-state index contributed by atoms with van der Waals surface area (Å²) in [7, 11) is 0. The van der Waals surface area contributed by atoms with Crippen molar-refractivity contribution < 1.29 is 31.5 Å². The summed E-state index contributed by atoms with van der Waals surface area (Å²) in [5.74, 6) is -3.30. The zero-order valence-electron chi connectivity index (χ0n) is 10.6. The molecular formula is C12H11F5N2O2. The van der Waals surface area contributed by atoms with Gasteiger partial charge in [0, 0.05) is 25.2 Å². The molecule has 0 aliphatic carbocycles. The lowest BCUT2D eigenvalue weighted by Crippen LogP contribution is -2.42. The molecule has 0 saturated carbocycles. The average Bonchev–Trinajstić information content (AvgIpc) is 2.70. The van der Waals surface area contributed by atoms with E-state index in [4.69, 9.17) is 4.74 Å². The monoisotopic (exact) mass is 310 g/mol. The van der Waals surface area contributed by atoms with Gasteiger partial charge in [0.25, 0.3) is 5.92 Å². The molecule has 2 rings (SSSR count). The van der Waals surface area contributed by atoms with E-state index in [2.05, 4.69) is 4.98 Å². The Labute approximate surface area is 116 Å². The Hall–Kier alpha value is -1.93. The fraction of sp³-hybridized carbons (Fsp3) is 0.500. The van der Waals surface area contributed by atoms with Crippen LogP contribution in [-0.4, -0.2) is 41.4 Å². The molecule has 1 saturated heterocycles. The first-order valence-electron chi connectivity index (χ1n) is 5.99. The van der Waals surface area contributed by atoms with E-state index in [1.807, 2.05) is 0 Å². The van der Waals surface area contributed by atoms with Crippen LogP contribution in [0.25, 0.3) is 0 Å². The molecule has 2 heterocycles. The van der Waals surface area contributed by atoms with Crippen molar-refractivity contribution in [1.29, 1.82) is 0 Å². The van der Waals surface area contributed by atoms with E-state index in [0.29, 0.717) is 12.6 Å². The van der Waals surface area contributed by atoms with E-state index < -0.39 is 36.7 Å². The van der Waals surface area contributed by atoms with Crippen molar-refractivity contribution in [3.8, 4) is 5.88 Å². The SMILES string of the molecule is O=CN1CCC(F)(F)C1COc1ccc(C(F)(F)F)cn1. The first kappa shape index (κ1) is 15.5. The highest BCUT2D eigenvalue weighted by atomic mass is 19.4. The summed E-state index contributed by atoms with van der Waals surface area (Å²) in [5, 5.41) is 0. The van der Waals surface area contributed by atoms with Crippen LogP contribution >= 0.6 is 0 Å². The second-order valence-electron chi connectivity index (χ2n) is 4.56. The summed E-state index contributed by atoms with van der Waals surface area (Å²) >= 11 is 0. The maximum Gasteiger partial charge on any atom is 0.417 e. The molecule has 1 unspecified atom stereocenters. The first-order chi connectivity index (χ1) is 9.74. The smallest absolute Gasteiger partial charge is 0.417 e. The summed E-state index contributed by atoms with van der Waals surface area (Å²) in [4.78, 5) is 15.0. The lowest BCUT2D eigenvalue weighted by atomic mass is 10.1. The van der Waals surface area contributed by atoms with Crippen LogP contribution in [0.15, 0.2) is 18.3 Å². The van der Waals surface area contributed by atoms with E-state index in [1.165, 1.54) is 0 Å². The second-order valence-corrected chi connectivity index (χ2v) is 4.56. The van der Waals surface area contributed by atoms with Crippen LogP contribution in [0.3, 0.4) is 0 Å². The van der Waals surface area contributed by atoms with Gasteiger partial charge >= 0.3 is 6.18 Å². The first-order valence-corrected chi connectivity index (χ1v) is 5.99. The number of carbonyl (C=O) groups excluding carboxylic acids is 1. The summed E-state index contributed by atoms with van der Waals surface area (Å²) in [6.45, 7) is -0.630. The number of ether oxygens (including phenoxy) is 1. The number of carbonyl (C=O) groups is 1. The van der Waals surface area contributed by atoms with Crippen molar-refractivity contribution in [2.45, 2.75) is 24.6 Å². The van der Waals surface area contributed by atoms with E-state index in [0.717, 1.165) is 17.0 Å². The van der Waals surface area contributed by atoms with Crippen LogP contribution in [0.1, 0.15) is 12.0 Å². The molecule has 1 atom stereocenters. The van der Waals surface area contributed by atoms with Crippen molar-refractivity contribution in [1.82, 2.24) is 9.88 Å². The van der Waals surface area contributed by atoms with E-state index in [9.17, 15) is 26.7 Å². The van der Waals surface area contributed by atoms with Crippen molar-refractivity contribution in [3.05, 3.63) is 23.9 Å². The van der Waals surface area contributed by atoms with Crippen LogP contribution in [0.5, 0.6) is 5.88 Å². The Kier molecular flexibility index (Phi) is 4.02. The number of hydrogen-bond acceptors (Lipinski definition) is 3. The van der Waals surface area contributed by atoms with Crippen molar-refractivity contribution in [3.63, 3.8) is 0 Å². The molecule has 1 aliphatic heterocycles. The Morgan fingerprint density at radius 2 is 2.14 bits per heavy atom. The number of nitrogens with zero attached hydrogens (tertiary/aromatic N) is 2. The minimum Gasteiger partial charge on any atom is -0.475 e. The number of alkyl halides is 5. The van der Waals surface area contributed by atoms with Crippen LogP contribution < -0.4 is 4.74 Å². The van der Waals surface area contributed by atoms with Gasteiger partial charge in [-0.3, -0.25) is 4.79 Å². The fourth-order valence-electron chi connectivity index (χ4n) is 1.98. The largest absolute Gasteiger partial charge is 0.475 e. The number of rotatable bonds is 4. The molecule has 0 spiro atoms. The van der Waals surface area contributed by atoms with Gasteiger partial charge in [0.1, 0.15) is 12.6 Å². The van der Waals surface area contributed by atoms with E-state index in [-0.39, 0.29) is 12.4 Å². The van der Waals surface area contributed by atoms with Gasteiger partial charge in [-0.25, -0.2) is 13.8 Å². The molecule has 9 heteroatoms. The van der Waals surface area contributed by atoms with Gasteiger partial charge in [0.2, 0.25) is 12.3 Å². The number of likely N-dealkylation sites (tertiary alicyclic amines) is 1. The average molecular weight is 310 g/mol. The minimum atomic E-state index is -4.53. The highest BCUT2D eigenvalue weighted by Crippen LogP contribution is 2.33. The summed E-state index contributed by atoms with van der Waals surface area (Å²) in [5.41, 5.74) is -0.962. The molecule has 1 aliphatic rings. The predicted octanol–water partition coefficient (Wildman–Crippen LogP) is 2.35. The topological polar surface area (TPSA) is 42.4 Å². The highest BCUT2D eigenvalue weighted by Gasteiger charge is 2.49. The van der Waals surface area contributed by atoms with Gasteiger partial charge < -0.3 is 9.64 Å². The van der Waals surface area contributed by atoms with Gasteiger partial charge in [-0.1, -0.05) is 0 Å². The second kappa shape index (κ2) is 5.45. The quantitative estimate of drug-likeness (QED) is 0.633. The third kappa shape index (κ3) is 3.40. The molecule has 0 bridgehead atoms. The van der Waals surface area contributed by atoms with E-state index in [1.54, 1.807) is 0 Å². The molecule has 0 N–H and O–H groups in total. The molecule has 0 radical (unpaired) electrons. The van der Waals surface area contributed by atoms with Crippen molar-refractivity contribution in [2.75, 3.05) is 13.2 Å². The normalized spacial score (nSPS) is 21.4. The number of pyridine rings is 1. The maximum absolute atomic E-state index is 13.5. The molecule has 116 valence electrons. The molecule has 4 nitrogen and oxygen atoms in total. The Balaban J connectivity index is 2.01. The summed E-state index contributed by atoms with van der Waals surface area (Å²) in [6.07, 6.45) is -4.15. The van der Waals surface area contributed by atoms with Crippen molar-refractivity contribution >= 4 is 6.41 Å². The molecule has 1 amide bonds. The van der Waals surface area contributed by atoms with Gasteiger partial charge in [-0.15, -0.1) is 0 Å². The van der Waals surface area contributed by atoms with Crippen LogP contribution in [0.4, 0.5) is 22.0 Å². The van der Waals surface area contributed by atoms with Crippen LogP contribution in [0, 0.1) is 0 Å². The molecule has 21 heavy (non-hydrogen) atoms. The van der Waals surface area contributed by atoms with Crippen LogP contribution in [-0.2, 0) is 11.0 Å². The summed E-state index contributed by atoms with van der Waals surface area (Å²) in [6, 6.07) is 0.243. The summed E-state index contributed by atoms with van der Waals surface area (Å²) < 4.78 is 69.0. The van der Waals surface area contributed by atoms with Gasteiger partial charge in [0.15, 0.2) is 0 Å².